The average molecular weight is 520 g/mol. The van der Waals surface area contributed by atoms with Gasteiger partial charge in [0, 0.05) is 37.4 Å². The fourth-order valence-corrected chi connectivity index (χ4v) is 5.29. The number of rotatable bonds is 6. The van der Waals surface area contributed by atoms with Gasteiger partial charge in [0.05, 0.1) is 16.1 Å². The van der Waals surface area contributed by atoms with Gasteiger partial charge in [0.1, 0.15) is 29.7 Å². The van der Waals surface area contributed by atoms with Gasteiger partial charge in [-0.25, -0.2) is 27.6 Å². The van der Waals surface area contributed by atoms with Gasteiger partial charge in [-0.15, -0.1) is 0 Å². The highest BCUT2D eigenvalue weighted by Crippen LogP contribution is 2.38. The van der Waals surface area contributed by atoms with Crippen LogP contribution in [0.25, 0.3) is 0 Å². The Balaban J connectivity index is 1.50. The molecule has 2 aliphatic heterocycles. The van der Waals surface area contributed by atoms with Crippen molar-refractivity contribution >= 4 is 33.7 Å². The summed E-state index contributed by atoms with van der Waals surface area (Å²) in [4.78, 5) is 22.7. The number of carbonyl (C=O) groups is 1. The molecule has 2 atom stereocenters. The fraction of sp³-hybridized carbons (Fsp3) is 0.500. The van der Waals surface area contributed by atoms with Crippen molar-refractivity contribution in [1.29, 1.82) is 5.41 Å². The molecule has 36 heavy (non-hydrogen) atoms. The quantitative estimate of drug-likeness (QED) is 0.546. The zero-order valence-electron chi connectivity index (χ0n) is 20.6. The van der Waals surface area contributed by atoms with E-state index in [0.29, 0.717) is 12.8 Å². The van der Waals surface area contributed by atoms with Crippen LogP contribution in [0.3, 0.4) is 0 Å². The van der Waals surface area contributed by atoms with Crippen molar-refractivity contribution in [3.63, 3.8) is 0 Å². The molecule has 1 amide bonds. The Morgan fingerprint density at radius 1 is 1.22 bits per heavy atom. The highest BCUT2D eigenvalue weighted by atomic mass is 32.2. The minimum atomic E-state index is -3.56. The lowest BCUT2D eigenvalue weighted by Gasteiger charge is -2.39. The number of nitrogens with zero attached hydrogens (tertiary/aromatic N) is 3. The predicted molar refractivity (Wildman–Crippen MR) is 131 cm³/mol. The van der Waals surface area contributed by atoms with Gasteiger partial charge < -0.3 is 25.1 Å². The van der Waals surface area contributed by atoms with E-state index in [1.165, 1.54) is 18.5 Å². The number of halogens is 1. The minimum Gasteiger partial charge on any atom is -0.474 e. The summed E-state index contributed by atoms with van der Waals surface area (Å²) >= 11 is 0. The van der Waals surface area contributed by atoms with E-state index in [9.17, 15) is 17.6 Å². The Hall–Kier alpha value is -3.28. The Kier molecular flexibility index (Phi) is 6.91. The SMILES string of the molecule is CC(C)(C)OC(=O)N1C2CCC1CC(Oc1ncnc(Nc3ccc(S(C)(=O)=O)cc3F)c1C=N)C2. The number of ether oxygens (including phenoxy) is 2. The largest absolute Gasteiger partial charge is 0.474 e. The number of carbonyl (C=O) groups excluding carboxylic acids is 1. The van der Waals surface area contributed by atoms with Gasteiger partial charge >= 0.3 is 6.09 Å². The minimum absolute atomic E-state index is 0.00105. The molecule has 2 N–H and O–H groups in total. The van der Waals surface area contributed by atoms with E-state index in [1.54, 1.807) is 0 Å². The molecule has 194 valence electrons. The molecule has 3 heterocycles. The van der Waals surface area contributed by atoms with E-state index in [4.69, 9.17) is 14.9 Å². The van der Waals surface area contributed by atoms with Crippen molar-refractivity contribution in [3.05, 3.63) is 35.9 Å². The first-order chi connectivity index (χ1) is 16.9. The molecule has 4 rings (SSSR count). The summed E-state index contributed by atoms with van der Waals surface area (Å²) in [5.74, 6) is -0.457. The monoisotopic (exact) mass is 519 g/mol. The predicted octanol–water partition coefficient (Wildman–Crippen LogP) is 4.07. The third kappa shape index (κ3) is 5.58. The van der Waals surface area contributed by atoms with E-state index in [2.05, 4.69) is 15.3 Å². The number of benzene rings is 1. The maximum atomic E-state index is 14.6. The van der Waals surface area contributed by atoms with Gasteiger partial charge in [0.15, 0.2) is 9.84 Å². The van der Waals surface area contributed by atoms with Crippen molar-refractivity contribution < 1.29 is 27.1 Å². The third-order valence-electron chi connectivity index (χ3n) is 6.19. The van der Waals surface area contributed by atoms with Gasteiger partial charge in [0.2, 0.25) is 5.88 Å². The van der Waals surface area contributed by atoms with Crippen LogP contribution >= 0.6 is 0 Å². The molecular weight excluding hydrogens is 489 g/mol. The molecule has 1 aromatic heterocycles. The van der Waals surface area contributed by atoms with Gasteiger partial charge in [-0.3, -0.25) is 0 Å². The first-order valence-corrected chi connectivity index (χ1v) is 13.5. The topological polar surface area (TPSA) is 135 Å². The van der Waals surface area contributed by atoms with Gasteiger partial charge in [0.25, 0.3) is 0 Å². The van der Waals surface area contributed by atoms with E-state index < -0.39 is 21.3 Å². The van der Waals surface area contributed by atoms with E-state index in [-0.39, 0.29) is 52.1 Å². The molecular formula is C24H30FN5O5S. The fourth-order valence-electron chi connectivity index (χ4n) is 4.65. The summed E-state index contributed by atoms with van der Waals surface area (Å²) in [5.41, 5.74) is -0.345. The standard InChI is InChI=1S/C24H30FN5O5S/c1-24(2,3)35-23(31)30-14-5-6-15(30)10-16(9-14)34-22-18(12-26)21(27-13-28-22)29-20-8-7-17(11-19(20)25)36(4,32)33/h7-8,11-16,26H,5-6,9-10H2,1-4H3,(H,27,28,29). The van der Waals surface area contributed by atoms with Crippen LogP contribution in [0.15, 0.2) is 29.4 Å². The van der Waals surface area contributed by atoms with Crippen molar-refractivity contribution in [2.45, 2.75) is 75.1 Å². The number of anilines is 2. The van der Waals surface area contributed by atoms with E-state index in [0.717, 1.165) is 31.4 Å². The van der Waals surface area contributed by atoms with Crippen LogP contribution in [0.2, 0.25) is 0 Å². The molecule has 2 saturated heterocycles. The number of nitrogens with one attached hydrogen (secondary N) is 2. The second-order valence-corrected chi connectivity index (χ2v) is 12.1. The Bertz CT molecular complexity index is 1270. The molecule has 1 aromatic carbocycles. The molecule has 2 unspecified atom stereocenters. The second-order valence-electron chi connectivity index (χ2n) is 10.1. The Labute approximate surface area is 209 Å². The van der Waals surface area contributed by atoms with Crippen LogP contribution in [0.1, 0.15) is 52.0 Å². The van der Waals surface area contributed by atoms with Crippen molar-refractivity contribution in [3.8, 4) is 5.88 Å². The van der Waals surface area contributed by atoms with Crippen LogP contribution in [0.4, 0.5) is 20.7 Å². The lowest BCUT2D eigenvalue weighted by atomic mass is 10.00. The van der Waals surface area contributed by atoms with Crippen molar-refractivity contribution in [1.82, 2.24) is 14.9 Å². The smallest absolute Gasteiger partial charge is 0.410 e. The zero-order chi connectivity index (χ0) is 26.3. The normalized spacial score (nSPS) is 21.7. The van der Waals surface area contributed by atoms with Gasteiger partial charge in [-0.1, -0.05) is 0 Å². The van der Waals surface area contributed by atoms with Crippen molar-refractivity contribution in [2.75, 3.05) is 11.6 Å². The highest BCUT2D eigenvalue weighted by Gasteiger charge is 2.45. The number of piperidine rings is 1. The number of amides is 1. The van der Waals surface area contributed by atoms with Crippen LogP contribution in [-0.4, -0.2) is 65.6 Å². The molecule has 12 heteroatoms. The Morgan fingerprint density at radius 2 is 1.89 bits per heavy atom. The number of fused-ring (bicyclic) bond motifs is 2. The molecule has 0 aliphatic carbocycles. The van der Waals surface area contributed by atoms with Crippen LogP contribution < -0.4 is 10.1 Å². The van der Waals surface area contributed by atoms with E-state index >= 15 is 0 Å². The molecule has 2 aromatic rings. The molecule has 2 aliphatic rings. The number of aromatic nitrogens is 2. The molecule has 0 radical (unpaired) electrons. The summed E-state index contributed by atoms with van der Waals surface area (Å²) < 4.78 is 49.7. The summed E-state index contributed by atoms with van der Waals surface area (Å²) in [5, 5.41) is 10.7. The van der Waals surface area contributed by atoms with Gasteiger partial charge in [-0.2, -0.15) is 0 Å². The van der Waals surface area contributed by atoms with Gasteiger partial charge in [-0.05, 0) is 51.8 Å². The van der Waals surface area contributed by atoms with Crippen LogP contribution in [0, 0.1) is 11.2 Å². The summed E-state index contributed by atoms with van der Waals surface area (Å²) in [6.07, 6.45) is 5.65. The number of hydrogen-bond donors (Lipinski definition) is 2. The van der Waals surface area contributed by atoms with Crippen LogP contribution in [-0.2, 0) is 14.6 Å². The highest BCUT2D eigenvalue weighted by molar-refractivity contribution is 7.90. The lowest BCUT2D eigenvalue weighted by molar-refractivity contribution is -0.00762. The summed E-state index contributed by atoms with van der Waals surface area (Å²) in [7, 11) is -3.56. The Morgan fingerprint density at radius 3 is 2.44 bits per heavy atom. The average Bonchev–Trinajstić information content (AvgIpc) is 3.04. The number of hydrogen-bond acceptors (Lipinski definition) is 9. The lowest BCUT2D eigenvalue weighted by Crippen LogP contribution is -2.50. The van der Waals surface area contributed by atoms with Crippen molar-refractivity contribution in [2.24, 2.45) is 0 Å². The molecule has 10 nitrogen and oxygen atoms in total. The first kappa shape index (κ1) is 25.8. The summed E-state index contributed by atoms with van der Waals surface area (Å²) in [6.45, 7) is 5.52. The third-order valence-corrected chi connectivity index (χ3v) is 7.30. The maximum absolute atomic E-state index is 14.6. The number of sulfone groups is 1. The summed E-state index contributed by atoms with van der Waals surface area (Å²) in [6, 6.07) is 3.50. The molecule has 2 bridgehead atoms. The molecule has 0 saturated carbocycles. The zero-order valence-corrected chi connectivity index (χ0v) is 21.4. The second kappa shape index (κ2) is 9.64. The van der Waals surface area contributed by atoms with Crippen LogP contribution in [0.5, 0.6) is 5.88 Å². The molecule has 2 fully saturated rings. The molecule has 0 spiro atoms. The van der Waals surface area contributed by atoms with E-state index in [1.807, 2.05) is 25.7 Å². The first-order valence-electron chi connectivity index (χ1n) is 11.7. The maximum Gasteiger partial charge on any atom is 0.410 e.